The summed E-state index contributed by atoms with van der Waals surface area (Å²) in [7, 11) is -3.82. The van der Waals surface area contributed by atoms with Crippen molar-refractivity contribution in [3.05, 3.63) is 71.8 Å². The van der Waals surface area contributed by atoms with Gasteiger partial charge in [-0.2, -0.15) is 0 Å². The van der Waals surface area contributed by atoms with E-state index in [-0.39, 0.29) is 4.90 Å². The van der Waals surface area contributed by atoms with Crippen LogP contribution in [0.1, 0.15) is 0 Å². The molecule has 3 aromatic rings. The van der Waals surface area contributed by atoms with Gasteiger partial charge in [-0.05, 0) is 54.6 Å². The van der Waals surface area contributed by atoms with Gasteiger partial charge in [0.15, 0.2) is 0 Å². The van der Waals surface area contributed by atoms with Gasteiger partial charge in [-0.25, -0.2) is 12.7 Å². The van der Waals surface area contributed by atoms with Crippen molar-refractivity contribution >= 4 is 50.4 Å². The molecule has 126 valence electrons. The molecule has 0 aromatic heterocycles. The molecule has 0 unspecified atom stereocenters. The van der Waals surface area contributed by atoms with Crippen molar-refractivity contribution in [1.29, 1.82) is 0 Å². The van der Waals surface area contributed by atoms with Gasteiger partial charge >= 0.3 is 0 Å². The second kappa shape index (κ2) is 5.98. The minimum absolute atomic E-state index is 0.175. The molecule has 0 spiro atoms. The third-order valence-corrected chi connectivity index (χ3v) is 6.97. The van der Waals surface area contributed by atoms with E-state index >= 15 is 0 Å². The Labute approximate surface area is 155 Å². The standard InChI is InChI=1S/C18H13ClN2O2S2/c19-12-5-10-18-16(11-12)21(15-3-1-2-4-17(15)24-18)25(22,23)14-8-6-13(20)7-9-14/h1-11H,20H2. The average Bonchev–Trinajstić information content (AvgIpc) is 2.60. The van der Waals surface area contributed by atoms with Gasteiger partial charge < -0.3 is 5.73 Å². The molecule has 1 aliphatic rings. The average molecular weight is 389 g/mol. The zero-order chi connectivity index (χ0) is 17.6. The van der Waals surface area contributed by atoms with E-state index in [0.717, 1.165) is 9.79 Å². The largest absolute Gasteiger partial charge is 0.399 e. The molecule has 1 aliphatic heterocycles. The molecule has 4 nitrogen and oxygen atoms in total. The summed E-state index contributed by atoms with van der Waals surface area (Å²) in [5, 5.41) is 0.483. The number of hydrogen-bond donors (Lipinski definition) is 1. The highest BCUT2D eigenvalue weighted by Crippen LogP contribution is 2.50. The molecule has 2 N–H and O–H groups in total. The highest BCUT2D eigenvalue weighted by atomic mass is 35.5. The first-order valence-corrected chi connectivity index (χ1v) is 10.1. The number of nitrogens with zero attached hydrogens (tertiary/aromatic N) is 1. The van der Waals surface area contributed by atoms with Crippen LogP contribution in [-0.4, -0.2) is 8.42 Å². The molecule has 3 aromatic carbocycles. The number of benzene rings is 3. The highest BCUT2D eigenvalue weighted by molar-refractivity contribution is 8.00. The van der Waals surface area contributed by atoms with Gasteiger partial charge in [-0.15, -0.1) is 0 Å². The molecular weight excluding hydrogens is 376 g/mol. The molecule has 0 amide bonds. The number of para-hydroxylation sites is 1. The predicted molar refractivity (Wildman–Crippen MR) is 102 cm³/mol. The van der Waals surface area contributed by atoms with E-state index < -0.39 is 10.0 Å². The molecule has 0 aliphatic carbocycles. The molecule has 7 heteroatoms. The number of nitrogen functional groups attached to an aromatic ring is 1. The van der Waals surface area contributed by atoms with Crippen molar-refractivity contribution in [1.82, 2.24) is 0 Å². The van der Waals surface area contributed by atoms with Gasteiger partial charge in [0.25, 0.3) is 10.0 Å². The van der Waals surface area contributed by atoms with Crippen molar-refractivity contribution in [2.24, 2.45) is 0 Å². The number of sulfonamides is 1. The zero-order valence-corrected chi connectivity index (χ0v) is 15.3. The van der Waals surface area contributed by atoms with Crippen LogP contribution in [0.2, 0.25) is 5.02 Å². The normalized spacial score (nSPS) is 13.2. The van der Waals surface area contributed by atoms with Crippen LogP contribution < -0.4 is 10.0 Å². The van der Waals surface area contributed by atoms with Crippen LogP contribution in [0.5, 0.6) is 0 Å². The van der Waals surface area contributed by atoms with E-state index in [4.69, 9.17) is 17.3 Å². The maximum atomic E-state index is 13.4. The van der Waals surface area contributed by atoms with E-state index in [1.807, 2.05) is 24.3 Å². The Morgan fingerprint density at radius 3 is 2.32 bits per heavy atom. The topological polar surface area (TPSA) is 63.4 Å². The van der Waals surface area contributed by atoms with E-state index in [1.165, 1.54) is 28.2 Å². The molecule has 0 atom stereocenters. The number of rotatable bonds is 2. The Morgan fingerprint density at radius 2 is 1.56 bits per heavy atom. The fourth-order valence-corrected chi connectivity index (χ4v) is 5.54. The zero-order valence-electron chi connectivity index (χ0n) is 12.9. The lowest BCUT2D eigenvalue weighted by atomic mass is 10.2. The minimum Gasteiger partial charge on any atom is -0.399 e. The lowest BCUT2D eigenvalue weighted by Crippen LogP contribution is -2.28. The molecule has 0 saturated heterocycles. The Balaban J connectivity index is 1.97. The summed E-state index contributed by atoms with van der Waals surface area (Å²) < 4.78 is 28.1. The molecule has 0 fully saturated rings. The van der Waals surface area contributed by atoms with Crippen molar-refractivity contribution in [3.63, 3.8) is 0 Å². The first-order chi connectivity index (χ1) is 12.0. The lowest BCUT2D eigenvalue weighted by molar-refractivity contribution is 0.595. The smallest absolute Gasteiger partial charge is 0.268 e. The molecular formula is C18H13ClN2O2S2. The Bertz CT molecular complexity index is 1070. The summed E-state index contributed by atoms with van der Waals surface area (Å²) in [4.78, 5) is 1.88. The van der Waals surface area contributed by atoms with Crippen LogP contribution in [-0.2, 0) is 10.0 Å². The van der Waals surface area contributed by atoms with Gasteiger partial charge in [-0.1, -0.05) is 35.5 Å². The van der Waals surface area contributed by atoms with Gasteiger partial charge in [0.2, 0.25) is 0 Å². The summed E-state index contributed by atoms with van der Waals surface area (Å²) >= 11 is 7.66. The Morgan fingerprint density at radius 1 is 0.880 bits per heavy atom. The number of anilines is 3. The Kier molecular flexibility index (Phi) is 3.91. The predicted octanol–water partition coefficient (Wildman–Crippen LogP) is 4.91. The minimum atomic E-state index is -3.82. The van der Waals surface area contributed by atoms with Gasteiger partial charge in [0.05, 0.1) is 16.3 Å². The van der Waals surface area contributed by atoms with Crippen LogP contribution in [0.15, 0.2) is 81.4 Å². The van der Waals surface area contributed by atoms with E-state index in [0.29, 0.717) is 22.1 Å². The number of halogens is 1. The van der Waals surface area contributed by atoms with Crippen molar-refractivity contribution in [2.75, 3.05) is 10.0 Å². The lowest BCUT2D eigenvalue weighted by Gasteiger charge is -2.32. The van der Waals surface area contributed by atoms with E-state index in [1.54, 1.807) is 30.3 Å². The van der Waals surface area contributed by atoms with Gasteiger partial charge in [-0.3, -0.25) is 0 Å². The summed E-state index contributed by atoms with van der Waals surface area (Å²) in [5.74, 6) is 0. The number of hydrogen-bond acceptors (Lipinski definition) is 4. The maximum absolute atomic E-state index is 13.4. The van der Waals surface area contributed by atoms with Crippen molar-refractivity contribution < 1.29 is 8.42 Å². The van der Waals surface area contributed by atoms with Gasteiger partial charge in [0.1, 0.15) is 0 Å². The van der Waals surface area contributed by atoms with Crippen molar-refractivity contribution in [3.8, 4) is 0 Å². The second-order valence-electron chi connectivity index (χ2n) is 5.52. The summed E-state index contributed by atoms with van der Waals surface area (Å²) in [6.07, 6.45) is 0. The SMILES string of the molecule is Nc1ccc(S(=O)(=O)N2c3ccccc3Sc3ccc(Cl)cc32)cc1. The van der Waals surface area contributed by atoms with Crippen molar-refractivity contribution in [2.45, 2.75) is 14.7 Å². The van der Waals surface area contributed by atoms with E-state index in [9.17, 15) is 8.42 Å². The second-order valence-corrected chi connectivity index (χ2v) is 8.83. The molecule has 4 rings (SSSR count). The third kappa shape index (κ3) is 2.76. The summed E-state index contributed by atoms with van der Waals surface area (Å²) in [5.41, 5.74) is 7.36. The monoisotopic (exact) mass is 388 g/mol. The summed E-state index contributed by atoms with van der Waals surface area (Å²) in [6.45, 7) is 0. The molecule has 0 radical (unpaired) electrons. The fourth-order valence-electron chi connectivity index (χ4n) is 2.70. The molecule has 0 bridgehead atoms. The van der Waals surface area contributed by atoms with Crippen LogP contribution in [0.3, 0.4) is 0 Å². The summed E-state index contributed by atoms with van der Waals surface area (Å²) in [6, 6.07) is 18.9. The maximum Gasteiger partial charge on any atom is 0.268 e. The first kappa shape index (κ1) is 16.3. The quantitative estimate of drug-likeness (QED) is 0.633. The molecule has 1 heterocycles. The van der Waals surface area contributed by atoms with Crippen LogP contribution in [0.4, 0.5) is 17.1 Å². The van der Waals surface area contributed by atoms with Crippen LogP contribution in [0, 0.1) is 0 Å². The third-order valence-electron chi connectivity index (χ3n) is 3.86. The van der Waals surface area contributed by atoms with Crippen LogP contribution in [0.25, 0.3) is 0 Å². The van der Waals surface area contributed by atoms with Crippen LogP contribution >= 0.6 is 23.4 Å². The first-order valence-electron chi connectivity index (χ1n) is 7.44. The van der Waals surface area contributed by atoms with Gasteiger partial charge in [0, 0.05) is 20.5 Å². The Hall–Kier alpha value is -2.15. The highest BCUT2D eigenvalue weighted by Gasteiger charge is 2.33. The molecule has 0 saturated carbocycles. The fraction of sp³-hybridized carbons (Fsp3) is 0. The molecule has 25 heavy (non-hydrogen) atoms. The number of nitrogens with two attached hydrogens (primary N) is 1. The van der Waals surface area contributed by atoms with E-state index in [2.05, 4.69) is 0 Å². The number of fused-ring (bicyclic) bond motifs is 2.